The molecule has 0 aliphatic carbocycles. The quantitative estimate of drug-likeness (QED) is 0.733. The van der Waals surface area contributed by atoms with Gasteiger partial charge in [0.1, 0.15) is 5.82 Å². The lowest BCUT2D eigenvalue weighted by atomic mass is 10.3. The Kier molecular flexibility index (Phi) is 3.02. The first-order chi connectivity index (χ1) is 8.92. The first-order valence-corrected chi connectivity index (χ1v) is 5.95. The van der Waals surface area contributed by atoms with E-state index in [0.29, 0.717) is 0 Å². The fourth-order valence-electron chi connectivity index (χ4n) is 1.92. The summed E-state index contributed by atoms with van der Waals surface area (Å²) >= 11 is 0. The summed E-state index contributed by atoms with van der Waals surface area (Å²) in [5.74, 6) is 0.963. The molecule has 0 unspecified atom stereocenters. The summed E-state index contributed by atoms with van der Waals surface area (Å²) in [6.07, 6.45) is 3.61. The van der Waals surface area contributed by atoms with E-state index in [1.165, 1.54) is 5.56 Å². The molecule has 0 radical (unpaired) electrons. The van der Waals surface area contributed by atoms with Crippen LogP contribution in [0.2, 0.25) is 0 Å². The zero-order valence-electron chi connectivity index (χ0n) is 9.93. The number of nitrogens with one attached hydrogen (secondary N) is 2. The largest absolute Gasteiger partial charge is 0.341 e. The average Bonchev–Trinajstić information content (AvgIpc) is 2.82. The minimum Gasteiger partial charge on any atom is -0.341 e. The van der Waals surface area contributed by atoms with Crippen molar-refractivity contribution in [3.63, 3.8) is 0 Å². The third-order valence-corrected chi connectivity index (χ3v) is 2.81. The van der Waals surface area contributed by atoms with E-state index >= 15 is 0 Å². The van der Waals surface area contributed by atoms with Gasteiger partial charge in [-0.1, -0.05) is 12.1 Å². The van der Waals surface area contributed by atoms with Crippen molar-refractivity contribution in [2.45, 2.75) is 13.1 Å². The van der Waals surface area contributed by atoms with E-state index < -0.39 is 0 Å². The van der Waals surface area contributed by atoms with Crippen LogP contribution >= 0.6 is 0 Å². The Morgan fingerprint density at radius 2 is 1.83 bits per heavy atom. The summed E-state index contributed by atoms with van der Waals surface area (Å²) in [6, 6.07) is 12.1. The number of para-hydroxylation sites is 2. The molecule has 18 heavy (non-hydrogen) atoms. The molecular weight excluding hydrogens is 224 g/mol. The van der Waals surface area contributed by atoms with Crippen molar-refractivity contribution in [2.24, 2.45) is 0 Å². The topological polar surface area (TPSA) is 53.6 Å². The van der Waals surface area contributed by atoms with Gasteiger partial charge in [-0.25, -0.2) is 4.98 Å². The molecule has 0 aliphatic heterocycles. The second-order valence-corrected chi connectivity index (χ2v) is 4.16. The number of H-pyrrole nitrogens is 1. The summed E-state index contributed by atoms with van der Waals surface area (Å²) in [4.78, 5) is 11.8. The fraction of sp³-hybridized carbons (Fsp3) is 0.143. The van der Waals surface area contributed by atoms with Crippen molar-refractivity contribution >= 4 is 11.0 Å². The molecule has 0 amide bonds. The standard InChI is InChI=1S/C14H14N4/c1-2-4-13-12(3-1)17-14(18-13)10-16-9-11-5-7-15-8-6-11/h1-8,16H,9-10H2,(H,17,18). The van der Waals surface area contributed by atoms with E-state index in [0.717, 1.165) is 29.9 Å². The van der Waals surface area contributed by atoms with Gasteiger partial charge in [-0.15, -0.1) is 0 Å². The lowest BCUT2D eigenvalue weighted by Gasteiger charge is -2.01. The average molecular weight is 238 g/mol. The molecule has 2 heterocycles. The lowest BCUT2D eigenvalue weighted by molar-refractivity contribution is 0.670. The van der Waals surface area contributed by atoms with Gasteiger partial charge in [0, 0.05) is 18.9 Å². The SMILES string of the molecule is c1ccc2[nH]c(CNCc3ccncc3)nc2c1. The number of fused-ring (bicyclic) bond motifs is 1. The molecule has 0 saturated heterocycles. The molecule has 3 rings (SSSR count). The van der Waals surface area contributed by atoms with E-state index in [9.17, 15) is 0 Å². The highest BCUT2D eigenvalue weighted by Crippen LogP contribution is 2.10. The van der Waals surface area contributed by atoms with E-state index in [2.05, 4.69) is 20.3 Å². The second kappa shape index (κ2) is 4.98. The molecule has 0 fully saturated rings. The number of hydrogen-bond acceptors (Lipinski definition) is 3. The van der Waals surface area contributed by atoms with Crippen LogP contribution in [0.15, 0.2) is 48.8 Å². The highest BCUT2D eigenvalue weighted by atomic mass is 15.0. The van der Waals surface area contributed by atoms with Gasteiger partial charge in [0.15, 0.2) is 0 Å². The van der Waals surface area contributed by atoms with Gasteiger partial charge < -0.3 is 10.3 Å². The molecule has 4 nitrogen and oxygen atoms in total. The number of aromatic amines is 1. The Balaban J connectivity index is 1.63. The van der Waals surface area contributed by atoms with Crippen LogP contribution in [-0.4, -0.2) is 15.0 Å². The molecule has 4 heteroatoms. The number of rotatable bonds is 4. The van der Waals surface area contributed by atoms with Gasteiger partial charge in [-0.2, -0.15) is 0 Å². The molecule has 0 aliphatic rings. The normalized spacial score (nSPS) is 10.9. The maximum atomic E-state index is 4.51. The van der Waals surface area contributed by atoms with Crippen LogP contribution < -0.4 is 5.32 Å². The van der Waals surface area contributed by atoms with Crippen LogP contribution in [0.1, 0.15) is 11.4 Å². The van der Waals surface area contributed by atoms with Crippen molar-refractivity contribution in [1.82, 2.24) is 20.3 Å². The Bertz CT molecular complexity index is 597. The molecule has 0 saturated carbocycles. The summed E-state index contributed by atoms with van der Waals surface area (Å²) < 4.78 is 0. The third kappa shape index (κ3) is 2.38. The van der Waals surface area contributed by atoms with Crippen LogP contribution in [-0.2, 0) is 13.1 Å². The molecule has 0 bridgehead atoms. The maximum Gasteiger partial charge on any atom is 0.121 e. The number of benzene rings is 1. The van der Waals surface area contributed by atoms with Crippen LogP contribution in [0, 0.1) is 0 Å². The van der Waals surface area contributed by atoms with Gasteiger partial charge in [-0.3, -0.25) is 4.98 Å². The van der Waals surface area contributed by atoms with Crippen LogP contribution in [0.4, 0.5) is 0 Å². The number of pyridine rings is 1. The number of hydrogen-bond donors (Lipinski definition) is 2. The molecular formula is C14H14N4. The van der Waals surface area contributed by atoms with E-state index in [1.54, 1.807) is 12.4 Å². The minimum absolute atomic E-state index is 0.733. The fourth-order valence-corrected chi connectivity index (χ4v) is 1.92. The zero-order chi connectivity index (χ0) is 12.2. The predicted molar refractivity (Wildman–Crippen MR) is 70.9 cm³/mol. The van der Waals surface area contributed by atoms with E-state index in [-0.39, 0.29) is 0 Å². The molecule has 2 aromatic heterocycles. The summed E-state index contributed by atoms with van der Waals surface area (Å²) in [5.41, 5.74) is 3.32. The lowest BCUT2D eigenvalue weighted by Crippen LogP contribution is -2.13. The molecule has 90 valence electrons. The van der Waals surface area contributed by atoms with Gasteiger partial charge >= 0.3 is 0 Å². The Morgan fingerprint density at radius 1 is 1.00 bits per heavy atom. The predicted octanol–water partition coefficient (Wildman–Crippen LogP) is 2.25. The highest BCUT2D eigenvalue weighted by Gasteiger charge is 2.01. The van der Waals surface area contributed by atoms with Gasteiger partial charge in [0.25, 0.3) is 0 Å². The number of nitrogens with zero attached hydrogens (tertiary/aromatic N) is 2. The maximum absolute atomic E-state index is 4.51. The van der Waals surface area contributed by atoms with Crippen LogP contribution in [0.3, 0.4) is 0 Å². The minimum atomic E-state index is 0.733. The zero-order valence-corrected chi connectivity index (χ0v) is 9.93. The molecule has 1 aromatic carbocycles. The first-order valence-electron chi connectivity index (χ1n) is 5.95. The molecule has 3 aromatic rings. The van der Waals surface area contributed by atoms with E-state index in [1.807, 2.05) is 36.4 Å². The van der Waals surface area contributed by atoms with Gasteiger partial charge in [0.2, 0.25) is 0 Å². The Hall–Kier alpha value is -2.20. The van der Waals surface area contributed by atoms with Crippen LogP contribution in [0.25, 0.3) is 11.0 Å². The van der Waals surface area contributed by atoms with Gasteiger partial charge in [0.05, 0.1) is 17.6 Å². The first kappa shape index (κ1) is 10.9. The van der Waals surface area contributed by atoms with E-state index in [4.69, 9.17) is 0 Å². The number of aromatic nitrogens is 3. The monoisotopic (exact) mass is 238 g/mol. The highest BCUT2D eigenvalue weighted by molar-refractivity contribution is 5.74. The Labute approximate surface area is 105 Å². The summed E-state index contributed by atoms with van der Waals surface area (Å²) in [5, 5.41) is 3.36. The molecule has 2 N–H and O–H groups in total. The summed E-state index contributed by atoms with van der Waals surface area (Å²) in [7, 11) is 0. The Morgan fingerprint density at radius 3 is 2.67 bits per heavy atom. The molecule has 0 atom stereocenters. The van der Waals surface area contributed by atoms with Crippen LogP contribution in [0.5, 0.6) is 0 Å². The van der Waals surface area contributed by atoms with Crippen molar-refractivity contribution in [1.29, 1.82) is 0 Å². The molecule has 0 spiro atoms. The van der Waals surface area contributed by atoms with Crippen molar-refractivity contribution < 1.29 is 0 Å². The third-order valence-electron chi connectivity index (χ3n) is 2.81. The van der Waals surface area contributed by atoms with Crippen molar-refractivity contribution in [3.8, 4) is 0 Å². The smallest absolute Gasteiger partial charge is 0.121 e. The van der Waals surface area contributed by atoms with Gasteiger partial charge in [-0.05, 0) is 29.8 Å². The summed E-state index contributed by atoms with van der Waals surface area (Å²) in [6.45, 7) is 1.55. The number of imidazole rings is 1. The van der Waals surface area contributed by atoms with Crippen molar-refractivity contribution in [2.75, 3.05) is 0 Å². The second-order valence-electron chi connectivity index (χ2n) is 4.16. The van der Waals surface area contributed by atoms with Crippen molar-refractivity contribution in [3.05, 3.63) is 60.2 Å².